The molecular weight excluding hydrogens is 242 g/mol. The van der Waals surface area contributed by atoms with E-state index in [-0.39, 0.29) is 10.7 Å². The van der Waals surface area contributed by atoms with Crippen LogP contribution in [0.25, 0.3) is 0 Å². The van der Waals surface area contributed by atoms with Gasteiger partial charge in [-0.25, -0.2) is 24.0 Å². The molecule has 0 aromatic carbocycles. The second-order valence-corrected chi connectivity index (χ2v) is 5.43. The van der Waals surface area contributed by atoms with Gasteiger partial charge in [0.15, 0.2) is 5.82 Å². The third kappa shape index (κ3) is 3.93. The molecule has 0 saturated heterocycles. The first-order chi connectivity index (χ1) is 7.97. The van der Waals surface area contributed by atoms with Crippen molar-refractivity contribution in [1.29, 1.82) is 0 Å². The van der Waals surface area contributed by atoms with Crippen LogP contribution < -0.4 is 16.0 Å². The van der Waals surface area contributed by atoms with Crippen molar-refractivity contribution in [2.75, 3.05) is 32.6 Å². The van der Waals surface area contributed by atoms with Gasteiger partial charge in [-0.05, 0) is 26.2 Å². The van der Waals surface area contributed by atoms with E-state index >= 15 is 0 Å². The first-order valence-electron chi connectivity index (χ1n) is 5.03. The number of nitrogens with one attached hydrogen (secondary N) is 2. The molecular formula is C9H17N5O2S. The number of hydrazine groups is 1. The van der Waals surface area contributed by atoms with E-state index in [9.17, 15) is 8.42 Å². The van der Waals surface area contributed by atoms with Crippen molar-refractivity contribution in [3.8, 4) is 0 Å². The molecule has 8 heteroatoms. The van der Waals surface area contributed by atoms with Gasteiger partial charge in [-0.2, -0.15) is 0 Å². The largest absolute Gasteiger partial charge is 0.308 e. The van der Waals surface area contributed by atoms with Crippen molar-refractivity contribution in [1.82, 2.24) is 14.6 Å². The lowest BCUT2D eigenvalue weighted by atomic mass is 10.5. The third-order valence-electron chi connectivity index (χ3n) is 2.05. The number of sulfonamides is 1. The lowest BCUT2D eigenvalue weighted by Gasteiger charge is -2.12. The summed E-state index contributed by atoms with van der Waals surface area (Å²) < 4.78 is 26.3. The number of nitrogen functional groups attached to an aromatic ring is 1. The smallest absolute Gasteiger partial charge is 0.244 e. The van der Waals surface area contributed by atoms with Crippen LogP contribution in [0.1, 0.15) is 0 Å². The van der Waals surface area contributed by atoms with Crippen LogP contribution in [0.3, 0.4) is 0 Å². The quantitative estimate of drug-likeness (QED) is 0.457. The van der Waals surface area contributed by atoms with E-state index in [0.717, 1.165) is 0 Å². The lowest BCUT2D eigenvalue weighted by Crippen LogP contribution is -2.32. The second kappa shape index (κ2) is 5.92. The van der Waals surface area contributed by atoms with E-state index < -0.39 is 10.0 Å². The number of hydrogen-bond donors (Lipinski definition) is 3. The number of anilines is 1. The standard InChI is InChI=1S/C9H17N5O2S/c1-14(2)7-6-12-17(15,16)8-4-3-5-11-9(8)13-10/h3-5,12H,6-7,10H2,1-2H3,(H,11,13). The van der Waals surface area contributed by atoms with Gasteiger partial charge in [0.25, 0.3) is 0 Å². The minimum Gasteiger partial charge on any atom is -0.308 e. The summed E-state index contributed by atoms with van der Waals surface area (Å²) in [5, 5.41) is 0. The van der Waals surface area contributed by atoms with Gasteiger partial charge in [0.2, 0.25) is 10.0 Å². The van der Waals surface area contributed by atoms with Crippen molar-refractivity contribution in [2.24, 2.45) is 5.84 Å². The van der Waals surface area contributed by atoms with E-state index in [2.05, 4.69) is 15.1 Å². The third-order valence-corrected chi connectivity index (χ3v) is 3.54. The topological polar surface area (TPSA) is 100 Å². The Hall–Kier alpha value is -1.22. The summed E-state index contributed by atoms with van der Waals surface area (Å²) in [5.74, 6) is 5.34. The number of hydrogen-bond acceptors (Lipinski definition) is 6. The predicted molar refractivity (Wildman–Crippen MR) is 65.8 cm³/mol. The molecule has 0 radical (unpaired) electrons. The molecule has 0 bridgehead atoms. The van der Waals surface area contributed by atoms with Crippen LogP contribution in [-0.4, -0.2) is 45.5 Å². The number of rotatable bonds is 6. The normalized spacial score (nSPS) is 11.8. The Balaban J connectivity index is 2.82. The van der Waals surface area contributed by atoms with Gasteiger partial charge in [0.05, 0.1) is 0 Å². The van der Waals surface area contributed by atoms with E-state index in [1.54, 1.807) is 6.07 Å². The Labute approximate surface area is 101 Å². The molecule has 0 aliphatic rings. The van der Waals surface area contributed by atoms with Crippen LogP contribution in [0, 0.1) is 0 Å². The van der Waals surface area contributed by atoms with Gasteiger partial charge < -0.3 is 10.3 Å². The van der Waals surface area contributed by atoms with Crippen LogP contribution in [0.15, 0.2) is 23.2 Å². The molecule has 0 fully saturated rings. The molecule has 0 unspecified atom stereocenters. The fourth-order valence-electron chi connectivity index (χ4n) is 1.20. The summed E-state index contributed by atoms with van der Waals surface area (Å²) in [6, 6.07) is 2.99. The van der Waals surface area contributed by atoms with Crippen LogP contribution in [0.5, 0.6) is 0 Å². The molecule has 0 amide bonds. The van der Waals surface area contributed by atoms with Crippen molar-refractivity contribution in [3.63, 3.8) is 0 Å². The zero-order valence-corrected chi connectivity index (χ0v) is 10.7. The molecule has 1 heterocycles. The van der Waals surface area contributed by atoms with E-state index in [0.29, 0.717) is 13.1 Å². The monoisotopic (exact) mass is 259 g/mol. The molecule has 0 saturated carbocycles. The first-order valence-corrected chi connectivity index (χ1v) is 6.51. The van der Waals surface area contributed by atoms with Crippen molar-refractivity contribution >= 4 is 15.8 Å². The molecule has 0 aliphatic heterocycles. The molecule has 17 heavy (non-hydrogen) atoms. The van der Waals surface area contributed by atoms with Crippen molar-refractivity contribution < 1.29 is 8.42 Å². The average molecular weight is 259 g/mol. The Kier molecular flexibility index (Phi) is 4.82. The number of aromatic nitrogens is 1. The lowest BCUT2D eigenvalue weighted by molar-refractivity contribution is 0.412. The SMILES string of the molecule is CN(C)CCNS(=O)(=O)c1cccnc1NN. The van der Waals surface area contributed by atoms with E-state index in [4.69, 9.17) is 5.84 Å². The Morgan fingerprint density at radius 2 is 2.18 bits per heavy atom. The molecule has 0 atom stereocenters. The molecule has 7 nitrogen and oxygen atoms in total. The van der Waals surface area contributed by atoms with Gasteiger partial charge in [-0.15, -0.1) is 0 Å². The number of pyridine rings is 1. The highest BCUT2D eigenvalue weighted by Crippen LogP contribution is 2.15. The first kappa shape index (κ1) is 13.8. The molecule has 96 valence electrons. The second-order valence-electron chi connectivity index (χ2n) is 3.70. The fraction of sp³-hybridized carbons (Fsp3) is 0.444. The predicted octanol–water partition coefficient (Wildman–Crippen LogP) is -0.793. The van der Waals surface area contributed by atoms with Gasteiger partial charge in [0.1, 0.15) is 4.90 Å². The minimum absolute atomic E-state index is 0.0428. The number of nitrogens with two attached hydrogens (primary N) is 1. The Morgan fingerprint density at radius 1 is 1.47 bits per heavy atom. The molecule has 1 aromatic rings. The fourth-order valence-corrected chi connectivity index (χ4v) is 2.34. The van der Waals surface area contributed by atoms with Crippen molar-refractivity contribution in [3.05, 3.63) is 18.3 Å². The number of likely N-dealkylation sites (N-methyl/N-ethyl adjacent to an activating group) is 1. The zero-order valence-electron chi connectivity index (χ0n) is 9.84. The summed E-state index contributed by atoms with van der Waals surface area (Å²) >= 11 is 0. The summed E-state index contributed by atoms with van der Waals surface area (Å²) in [5.41, 5.74) is 2.26. The highest BCUT2D eigenvalue weighted by molar-refractivity contribution is 7.89. The summed E-state index contributed by atoms with van der Waals surface area (Å²) in [6.45, 7) is 0.944. The molecule has 0 spiro atoms. The molecule has 0 aliphatic carbocycles. The van der Waals surface area contributed by atoms with E-state index in [1.165, 1.54) is 12.3 Å². The maximum atomic E-state index is 11.9. The maximum absolute atomic E-state index is 11.9. The summed E-state index contributed by atoms with van der Waals surface area (Å²) in [7, 11) is 0.152. The zero-order chi connectivity index (χ0) is 12.9. The Bertz CT molecular complexity index is 460. The van der Waals surface area contributed by atoms with E-state index in [1.807, 2.05) is 19.0 Å². The van der Waals surface area contributed by atoms with Crippen LogP contribution in [-0.2, 0) is 10.0 Å². The van der Waals surface area contributed by atoms with Gasteiger partial charge in [-0.3, -0.25) is 0 Å². The van der Waals surface area contributed by atoms with Gasteiger partial charge in [0, 0.05) is 19.3 Å². The summed E-state index contributed by atoms with van der Waals surface area (Å²) in [4.78, 5) is 5.77. The van der Waals surface area contributed by atoms with Gasteiger partial charge in [-0.1, -0.05) is 0 Å². The highest BCUT2D eigenvalue weighted by Gasteiger charge is 2.18. The maximum Gasteiger partial charge on any atom is 0.244 e. The van der Waals surface area contributed by atoms with Crippen molar-refractivity contribution in [2.45, 2.75) is 4.90 Å². The summed E-state index contributed by atoms with van der Waals surface area (Å²) in [6.07, 6.45) is 1.47. The van der Waals surface area contributed by atoms with Crippen LogP contribution >= 0.6 is 0 Å². The minimum atomic E-state index is -3.58. The molecule has 1 rings (SSSR count). The van der Waals surface area contributed by atoms with Crippen LogP contribution in [0.4, 0.5) is 5.82 Å². The molecule has 1 aromatic heterocycles. The van der Waals surface area contributed by atoms with Gasteiger partial charge >= 0.3 is 0 Å². The highest BCUT2D eigenvalue weighted by atomic mass is 32.2. The average Bonchev–Trinajstić information content (AvgIpc) is 2.28. The van der Waals surface area contributed by atoms with Crippen LogP contribution in [0.2, 0.25) is 0 Å². The Morgan fingerprint density at radius 3 is 2.76 bits per heavy atom. The molecule has 4 N–H and O–H groups in total. The number of nitrogens with zero attached hydrogens (tertiary/aromatic N) is 2.